The number of carbonyl (C=O) groups excluding carboxylic acids is 1. The van der Waals surface area contributed by atoms with Crippen molar-refractivity contribution < 1.29 is 22.7 Å². The van der Waals surface area contributed by atoms with Gasteiger partial charge in [0.05, 0.1) is 11.6 Å². The lowest BCUT2D eigenvalue weighted by molar-refractivity contribution is -0.137. The second-order valence-corrected chi connectivity index (χ2v) is 6.64. The Morgan fingerprint density at radius 2 is 1.78 bits per heavy atom. The molecule has 1 amide bonds. The fourth-order valence-corrected chi connectivity index (χ4v) is 2.56. The van der Waals surface area contributed by atoms with Crippen LogP contribution in [0.15, 0.2) is 24.3 Å². The van der Waals surface area contributed by atoms with E-state index >= 15 is 0 Å². The molecule has 0 spiro atoms. The molecule has 0 saturated carbocycles. The number of ether oxygens (including phenoxy) is 1. The Labute approximate surface area is 133 Å². The van der Waals surface area contributed by atoms with E-state index in [1.807, 2.05) is 0 Å². The predicted octanol–water partition coefficient (Wildman–Crippen LogP) is 3.29. The summed E-state index contributed by atoms with van der Waals surface area (Å²) in [5.41, 5.74) is -0.520. The Kier molecular flexibility index (Phi) is 4.89. The first-order chi connectivity index (χ1) is 10.6. The summed E-state index contributed by atoms with van der Waals surface area (Å²) >= 11 is 0. The highest BCUT2D eigenvalue weighted by Gasteiger charge is 2.33. The van der Waals surface area contributed by atoms with Crippen molar-refractivity contribution in [3.8, 4) is 0 Å². The van der Waals surface area contributed by atoms with Gasteiger partial charge in [0.25, 0.3) is 0 Å². The molecule has 0 aliphatic carbocycles. The van der Waals surface area contributed by atoms with Crippen molar-refractivity contribution in [2.24, 2.45) is 0 Å². The average Bonchev–Trinajstić information content (AvgIpc) is 2.83. The van der Waals surface area contributed by atoms with Gasteiger partial charge in [-0.15, -0.1) is 0 Å². The molecule has 1 saturated heterocycles. The van der Waals surface area contributed by atoms with Crippen LogP contribution >= 0.6 is 0 Å². The molecule has 0 radical (unpaired) electrons. The van der Waals surface area contributed by atoms with Crippen molar-refractivity contribution in [2.45, 2.75) is 44.5 Å². The Morgan fingerprint density at radius 3 is 2.30 bits per heavy atom. The summed E-state index contributed by atoms with van der Waals surface area (Å²) in [6, 6.07) is 4.84. The molecule has 128 valence electrons. The molecule has 23 heavy (non-hydrogen) atoms. The monoisotopic (exact) mass is 330 g/mol. The lowest BCUT2D eigenvalue weighted by atomic mass is 9.93. The van der Waals surface area contributed by atoms with E-state index in [0.29, 0.717) is 13.1 Å². The first-order valence-electron chi connectivity index (χ1n) is 7.43. The normalized spacial score (nSPS) is 22.0. The second kappa shape index (κ2) is 6.39. The van der Waals surface area contributed by atoms with Gasteiger partial charge in [0.2, 0.25) is 0 Å². The summed E-state index contributed by atoms with van der Waals surface area (Å²) in [7, 11) is 0. The van der Waals surface area contributed by atoms with Crippen molar-refractivity contribution >= 4 is 6.09 Å². The third-order valence-corrected chi connectivity index (χ3v) is 3.58. The molecular weight excluding hydrogens is 309 g/mol. The topological polar surface area (TPSA) is 50.4 Å². The van der Waals surface area contributed by atoms with Crippen LogP contribution in [0, 0.1) is 0 Å². The maximum absolute atomic E-state index is 12.6. The van der Waals surface area contributed by atoms with Crippen LogP contribution in [0.1, 0.15) is 37.8 Å². The zero-order valence-corrected chi connectivity index (χ0v) is 13.3. The molecule has 1 aliphatic heterocycles. The summed E-state index contributed by atoms with van der Waals surface area (Å²) in [5, 5.41) is 5.92. The standard InChI is InChI=1S/C16H21F3N2O2/c1-15(2,3)23-14(22)21-13-9-20-8-12(13)10-4-6-11(7-5-10)16(17,18)19/h4-7,12-13,20H,8-9H2,1-3H3,(H,21,22). The molecule has 2 atom stereocenters. The number of hydrogen-bond donors (Lipinski definition) is 2. The Balaban J connectivity index is 2.05. The molecule has 0 aromatic heterocycles. The first-order valence-corrected chi connectivity index (χ1v) is 7.43. The highest BCUT2D eigenvalue weighted by molar-refractivity contribution is 5.68. The predicted molar refractivity (Wildman–Crippen MR) is 80.2 cm³/mol. The zero-order chi connectivity index (χ0) is 17.3. The van der Waals surface area contributed by atoms with Gasteiger partial charge in [-0.3, -0.25) is 0 Å². The van der Waals surface area contributed by atoms with E-state index in [1.165, 1.54) is 12.1 Å². The number of benzene rings is 1. The number of alkyl halides is 3. The number of hydrogen-bond acceptors (Lipinski definition) is 3. The first kappa shape index (κ1) is 17.6. The van der Waals surface area contributed by atoms with E-state index in [9.17, 15) is 18.0 Å². The molecule has 1 aromatic carbocycles. The molecular formula is C16H21F3N2O2. The van der Waals surface area contributed by atoms with Gasteiger partial charge in [0, 0.05) is 19.0 Å². The lowest BCUT2D eigenvalue weighted by Crippen LogP contribution is -2.42. The zero-order valence-electron chi connectivity index (χ0n) is 13.3. The number of carbonyl (C=O) groups is 1. The molecule has 7 heteroatoms. The van der Waals surface area contributed by atoms with Crippen LogP contribution < -0.4 is 10.6 Å². The smallest absolute Gasteiger partial charge is 0.416 e. The van der Waals surface area contributed by atoms with Crippen LogP contribution in [0.5, 0.6) is 0 Å². The lowest BCUT2D eigenvalue weighted by Gasteiger charge is -2.24. The highest BCUT2D eigenvalue weighted by atomic mass is 19.4. The Morgan fingerprint density at radius 1 is 1.17 bits per heavy atom. The summed E-state index contributed by atoms with van der Waals surface area (Å²) in [6.07, 6.45) is -4.87. The number of amides is 1. The molecule has 1 heterocycles. The van der Waals surface area contributed by atoms with Gasteiger partial charge in [-0.25, -0.2) is 4.79 Å². The molecule has 2 N–H and O–H groups in total. The van der Waals surface area contributed by atoms with Crippen LogP contribution in [0.25, 0.3) is 0 Å². The summed E-state index contributed by atoms with van der Waals surface area (Å²) in [5.74, 6) is -0.0928. The van der Waals surface area contributed by atoms with Gasteiger partial charge >= 0.3 is 12.3 Å². The van der Waals surface area contributed by atoms with Gasteiger partial charge in [-0.2, -0.15) is 13.2 Å². The van der Waals surface area contributed by atoms with E-state index in [0.717, 1.165) is 17.7 Å². The van der Waals surface area contributed by atoms with Gasteiger partial charge in [-0.05, 0) is 38.5 Å². The van der Waals surface area contributed by atoms with Crippen LogP contribution in [0.4, 0.5) is 18.0 Å². The Hall–Kier alpha value is -1.76. The fourth-order valence-electron chi connectivity index (χ4n) is 2.56. The second-order valence-electron chi connectivity index (χ2n) is 6.64. The quantitative estimate of drug-likeness (QED) is 0.875. The minimum Gasteiger partial charge on any atom is -0.444 e. The SMILES string of the molecule is CC(C)(C)OC(=O)NC1CNCC1c1ccc(C(F)(F)F)cc1. The molecule has 1 aromatic rings. The van der Waals surface area contributed by atoms with Crippen molar-refractivity contribution in [1.29, 1.82) is 0 Å². The number of nitrogens with one attached hydrogen (secondary N) is 2. The number of alkyl carbamates (subject to hydrolysis) is 1. The van der Waals surface area contributed by atoms with Crippen molar-refractivity contribution in [2.75, 3.05) is 13.1 Å². The Bertz CT molecular complexity index is 550. The molecule has 2 unspecified atom stereocenters. The molecule has 0 bridgehead atoms. The molecule has 1 fully saturated rings. The summed E-state index contributed by atoms with van der Waals surface area (Å²) in [6.45, 7) is 6.45. The van der Waals surface area contributed by atoms with Crippen molar-refractivity contribution in [3.63, 3.8) is 0 Å². The minimum absolute atomic E-state index is 0.0928. The maximum atomic E-state index is 12.6. The average molecular weight is 330 g/mol. The van der Waals surface area contributed by atoms with E-state index in [1.54, 1.807) is 20.8 Å². The van der Waals surface area contributed by atoms with Crippen LogP contribution in [0.2, 0.25) is 0 Å². The van der Waals surface area contributed by atoms with E-state index in [4.69, 9.17) is 4.74 Å². The largest absolute Gasteiger partial charge is 0.444 e. The number of rotatable bonds is 2. The van der Waals surface area contributed by atoms with Gasteiger partial charge in [0.1, 0.15) is 5.60 Å². The van der Waals surface area contributed by atoms with Gasteiger partial charge < -0.3 is 15.4 Å². The van der Waals surface area contributed by atoms with E-state index in [-0.39, 0.29) is 12.0 Å². The maximum Gasteiger partial charge on any atom is 0.416 e. The summed E-state index contributed by atoms with van der Waals surface area (Å²) < 4.78 is 43.1. The van der Waals surface area contributed by atoms with E-state index < -0.39 is 23.4 Å². The molecule has 2 rings (SSSR count). The third-order valence-electron chi connectivity index (χ3n) is 3.58. The summed E-state index contributed by atoms with van der Waals surface area (Å²) in [4.78, 5) is 11.9. The van der Waals surface area contributed by atoms with Crippen LogP contribution in [0.3, 0.4) is 0 Å². The number of halogens is 3. The van der Waals surface area contributed by atoms with Crippen molar-refractivity contribution in [1.82, 2.24) is 10.6 Å². The highest BCUT2D eigenvalue weighted by Crippen LogP contribution is 2.31. The van der Waals surface area contributed by atoms with Crippen molar-refractivity contribution in [3.05, 3.63) is 35.4 Å². The van der Waals surface area contributed by atoms with Gasteiger partial charge in [-0.1, -0.05) is 12.1 Å². The molecule has 4 nitrogen and oxygen atoms in total. The van der Waals surface area contributed by atoms with Gasteiger partial charge in [0.15, 0.2) is 0 Å². The minimum atomic E-state index is -4.35. The van der Waals surface area contributed by atoms with E-state index in [2.05, 4.69) is 10.6 Å². The van der Waals surface area contributed by atoms with Crippen LogP contribution in [-0.4, -0.2) is 30.8 Å². The molecule has 1 aliphatic rings. The van der Waals surface area contributed by atoms with Crippen LogP contribution in [-0.2, 0) is 10.9 Å². The fraction of sp³-hybridized carbons (Fsp3) is 0.562. The third kappa shape index (κ3) is 4.86.